The third kappa shape index (κ3) is 5.56. The van der Waals surface area contributed by atoms with Crippen molar-refractivity contribution in [1.29, 1.82) is 0 Å². The molecule has 0 spiro atoms. The zero-order valence-corrected chi connectivity index (χ0v) is 11.7. The van der Waals surface area contributed by atoms with E-state index in [1.807, 2.05) is 0 Å². The Labute approximate surface area is 119 Å². The molecule has 0 unspecified atom stereocenters. The van der Waals surface area contributed by atoms with Crippen LogP contribution in [-0.4, -0.2) is 23.8 Å². The van der Waals surface area contributed by atoms with Gasteiger partial charge in [-0.3, -0.25) is 4.79 Å². The number of halogens is 1. The monoisotopic (exact) mass is 327 g/mol. The number of aliphatic carboxylic acids is 1. The molecule has 0 saturated carbocycles. The number of carboxylic acids is 1. The largest absolute Gasteiger partial charge is 0.481 e. The minimum atomic E-state index is -1.00. The number of hydrogen-bond donors (Lipinski definition) is 2. The molecule has 0 saturated heterocycles. The quantitative estimate of drug-likeness (QED) is 0.788. The highest BCUT2D eigenvalue weighted by Gasteiger charge is 2.18. The van der Waals surface area contributed by atoms with Crippen molar-refractivity contribution in [1.82, 2.24) is 5.32 Å². The second-order valence-electron chi connectivity index (χ2n) is 3.73. The van der Waals surface area contributed by atoms with Gasteiger partial charge >= 0.3 is 12.1 Å². The number of hydrogen-bond acceptors (Lipinski definition) is 3. The Hall–Kier alpha value is -1.82. The highest BCUT2D eigenvalue weighted by Crippen LogP contribution is 2.19. The standard InChI is InChI=1S/C13H14BrNO4/c1-2-7-19-13(18)15-11(8-12(16)17)9-3-5-10(14)6-4-9/h2-6,11H,1,7-8H2,(H,15,18)(H,16,17)/t11-/m0/s1. The molecule has 0 aliphatic heterocycles. The summed E-state index contributed by atoms with van der Waals surface area (Å²) >= 11 is 3.29. The van der Waals surface area contributed by atoms with Crippen LogP contribution in [0.3, 0.4) is 0 Å². The van der Waals surface area contributed by atoms with Gasteiger partial charge in [-0.2, -0.15) is 0 Å². The van der Waals surface area contributed by atoms with Crippen molar-refractivity contribution in [2.45, 2.75) is 12.5 Å². The Balaban J connectivity index is 2.76. The summed E-state index contributed by atoms with van der Waals surface area (Å²) in [6.07, 6.45) is 0.546. The van der Waals surface area contributed by atoms with E-state index in [1.54, 1.807) is 24.3 Å². The molecule has 2 N–H and O–H groups in total. The van der Waals surface area contributed by atoms with Crippen LogP contribution in [0.2, 0.25) is 0 Å². The number of alkyl carbamates (subject to hydrolysis) is 1. The zero-order chi connectivity index (χ0) is 14.3. The maximum Gasteiger partial charge on any atom is 0.407 e. The molecule has 1 rings (SSSR count). The zero-order valence-electron chi connectivity index (χ0n) is 10.1. The molecule has 6 heteroatoms. The van der Waals surface area contributed by atoms with Crippen molar-refractivity contribution < 1.29 is 19.4 Å². The molecule has 0 bridgehead atoms. The van der Waals surface area contributed by atoms with Crippen LogP contribution in [-0.2, 0) is 9.53 Å². The number of carbonyl (C=O) groups excluding carboxylic acids is 1. The Morgan fingerprint density at radius 3 is 2.58 bits per heavy atom. The Morgan fingerprint density at radius 2 is 2.05 bits per heavy atom. The van der Waals surface area contributed by atoms with E-state index in [2.05, 4.69) is 27.8 Å². The van der Waals surface area contributed by atoms with Crippen LogP contribution in [0.1, 0.15) is 18.0 Å². The lowest BCUT2D eigenvalue weighted by Crippen LogP contribution is -2.30. The van der Waals surface area contributed by atoms with Crippen molar-refractivity contribution in [2.24, 2.45) is 0 Å². The van der Waals surface area contributed by atoms with Gasteiger partial charge in [-0.15, -0.1) is 0 Å². The van der Waals surface area contributed by atoms with Gasteiger partial charge in [0, 0.05) is 4.47 Å². The summed E-state index contributed by atoms with van der Waals surface area (Å²) in [5.41, 5.74) is 0.696. The van der Waals surface area contributed by atoms with Crippen molar-refractivity contribution in [3.05, 3.63) is 47.0 Å². The van der Waals surface area contributed by atoms with E-state index in [4.69, 9.17) is 9.84 Å². The molecule has 102 valence electrons. The second-order valence-corrected chi connectivity index (χ2v) is 4.65. The lowest BCUT2D eigenvalue weighted by atomic mass is 10.0. The molecule has 0 aliphatic rings. The fraction of sp³-hybridized carbons (Fsp3) is 0.231. The fourth-order valence-electron chi connectivity index (χ4n) is 1.44. The molecule has 1 aromatic rings. The highest BCUT2D eigenvalue weighted by atomic mass is 79.9. The van der Waals surface area contributed by atoms with Gasteiger partial charge in [0.2, 0.25) is 0 Å². The van der Waals surface area contributed by atoms with E-state index in [0.29, 0.717) is 5.56 Å². The molecule has 5 nitrogen and oxygen atoms in total. The van der Waals surface area contributed by atoms with Crippen molar-refractivity contribution >= 4 is 28.0 Å². The van der Waals surface area contributed by atoms with Crippen molar-refractivity contribution in [2.75, 3.05) is 6.61 Å². The van der Waals surface area contributed by atoms with Gasteiger partial charge in [-0.1, -0.05) is 40.7 Å². The number of carbonyl (C=O) groups is 2. The van der Waals surface area contributed by atoms with Gasteiger partial charge in [0.1, 0.15) is 6.61 Å². The number of benzene rings is 1. The summed E-state index contributed by atoms with van der Waals surface area (Å²) < 4.78 is 5.65. The molecular weight excluding hydrogens is 314 g/mol. The van der Waals surface area contributed by atoms with E-state index in [0.717, 1.165) is 4.47 Å². The number of carboxylic acid groups (broad SMARTS) is 1. The highest BCUT2D eigenvalue weighted by molar-refractivity contribution is 9.10. The Morgan fingerprint density at radius 1 is 1.42 bits per heavy atom. The van der Waals surface area contributed by atoms with Crippen LogP contribution in [0.4, 0.5) is 4.79 Å². The van der Waals surface area contributed by atoms with E-state index in [-0.39, 0.29) is 13.0 Å². The summed E-state index contributed by atoms with van der Waals surface area (Å²) in [5, 5.41) is 11.4. The number of rotatable bonds is 6. The van der Waals surface area contributed by atoms with Gasteiger partial charge < -0.3 is 15.2 Å². The lowest BCUT2D eigenvalue weighted by Gasteiger charge is -2.17. The predicted molar refractivity (Wildman–Crippen MR) is 73.8 cm³/mol. The first-order chi connectivity index (χ1) is 9.02. The number of ether oxygens (including phenoxy) is 1. The average molecular weight is 328 g/mol. The first-order valence-corrected chi connectivity index (χ1v) is 6.33. The normalized spacial score (nSPS) is 11.4. The summed E-state index contributed by atoms with van der Waals surface area (Å²) in [4.78, 5) is 22.3. The number of amides is 1. The second kappa shape index (κ2) is 7.58. The first kappa shape index (κ1) is 15.2. The summed E-state index contributed by atoms with van der Waals surface area (Å²) in [6, 6.07) is 6.40. The number of nitrogens with one attached hydrogen (secondary N) is 1. The van der Waals surface area contributed by atoms with Crippen LogP contribution >= 0.6 is 15.9 Å². The third-order valence-electron chi connectivity index (χ3n) is 2.28. The van der Waals surface area contributed by atoms with Crippen LogP contribution < -0.4 is 5.32 Å². The molecule has 1 amide bonds. The maximum atomic E-state index is 11.5. The molecule has 0 heterocycles. The topological polar surface area (TPSA) is 75.6 Å². The minimum absolute atomic E-state index is 0.0754. The SMILES string of the molecule is C=CCOC(=O)N[C@@H](CC(=O)O)c1ccc(Br)cc1. The van der Waals surface area contributed by atoms with E-state index in [9.17, 15) is 9.59 Å². The van der Waals surface area contributed by atoms with Crippen molar-refractivity contribution in [3.8, 4) is 0 Å². The molecule has 0 radical (unpaired) electrons. The molecule has 1 atom stereocenters. The summed E-state index contributed by atoms with van der Waals surface area (Å²) in [5.74, 6) is -1.00. The Bertz CT molecular complexity index is 458. The molecule has 0 aliphatic carbocycles. The van der Waals surface area contributed by atoms with E-state index in [1.165, 1.54) is 6.08 Å². The molecule has 19 heavy (non-hydrogen) atoms. The van der Waals surface area contributed by atoms with Crippen LogP contribution in [0.15, 0.2) is 41.4 Å². The van der Waals surface area contributed by atoms with E-state index < -0.39 is 18.1 Å². The van der Waals surface area contributed by atoms with Crippen LogP contribution in [0.25, 0.3) is 0 Å². The van der Waals surface area contributed by atoms with Gasteiger partial charge in [0.15, 0.2) is 0 Å². The fourth-order valence-corrected chi connectivity index (χ4v) is 1.70. The first-order valence-electron chi connectivity index (χ1n) is 5.54. The maximum absolute atomic E-state index is 11.5. The van der Waals surface area contributed by atoms with Gasteiger partial charge in [-0.25, -0.2) is 4.79 Å². The summed E-state index contributed by atoms with van der Waals surface area (Å²) in [6.45, 7) is 3.50. The average Bonchev–Trinajstić information content (AvgIpc) is 2.36. The van der Waals surface area contributed by atoms with Gasteiger partial charge in [0.25, 0.3) is 0 Å². The van der Waals surface area contributed by atoms with E-state index >= 15 is 0 Å². The molecule has 1 aromatic carbocycles. The van der Waals surface area contributed by atoms with Gasteiger partial charge in [0.05, 0.1) is 12.5 Å². The third-order valence-corrected chi connectivity index (χ3v) is 2.80. The smallest absolute Gasteiger partial charge is 0.407 e. The minimum Gasteiger partial charge on any atom is -0.481 e. The lowest BCUT2D eigenvalue weighted by molar-refractivity contribution is -0.137. The van der Waals surface area contributed by atoms with Crippen LogP contribution in [0.5, 0.6) is 0 Å². The molecule has 0 aromatic heterocycles. The van der Waals surface area contributed by atoms with Crippen molar-refractivity contribution in [3.63, 3.8) is 0 Å². The predicted octanol–water partition coefficient (Wildman–Crippen LogP) is 2.88. The Kier molecular flexibility index (Phi) is 6.08. The molecular formula is C13H14BrNO4. The van der Waals surface area contributed by atoms with Gasteiger partial charge in [-0.05, 0) is 17.7 Å². The summed E-state index contributed by atoms with van der Waals surface area (Å²) in [7, 11) is 0. The van der Waals surface area contributed by atoms with Crippen LogP contribution in [0, 0.1) is 0 Å². The molecule has 0 fully saturated rings.